The number of piperidine rings is 2. The third-order valence-electron chi connectivity index (χ3n) is 15.3. The summed E-state index contributed by atoms with van der Waals surface area (Å²) >= 11 is 0. The summed E-state index contributed by atoms with van der Waals surface area (Å²) in [7, 11) is 0. The number of benzene rings is 3. The van der Waals surface area contributed by atoms with Crippen LogP contribution in [-0.4, -0.2) is 163 Å². The highest BCUT2D eigenvalue weighted by molar-refractivity contribution is 5.95. The fourth-order valence-electron chi connectivity index (χ4n) is 10.8. The number of anilines is 4. The SMILES string of the molecule is NC(=O)Nc1ccc(-c2nc(N3CCOCC3)c3cnn(C4CCN(C(=O)c5ccccc5)CC4)c3n2)cc1.O=C(Nc1ccc(-c2nc(N3CCOCC3)c3cnn(C4CCN(C(=O)c5cccnc5)CC4)c3n2)cc1)NC1CC1. The molecule has 3 aromatic carbocycles. The van der Waals surface area contributed by atoms with Crippen molar-refractivity contribution >= 4 is 69.0 Å². The van der Waals surface area contributed by atoms with E-state index in [0.29, 0.717) is 92.8 Å². The minimum Gasteiger partial charge on any atom is -0.378 e. The smallest absolute Gasteiger partial charge is 0.319 e. The molecular weight excluding hydrogens is 1030 g/mol. The fraction of sp³-hybridized carbons (Fsp3) is 0.362. The average Bonchev–Trinajstić information content (AvgIpc) is 4.21. The maximum Gasteiger partial charge on any atom is 0.319 e. The lowest BCUT2D eigenvalue weighted by Gasteiger charge is -2.32. The van der Waals surface area contributed by atoms with Gasteiger partial charge in [0, 0.05) is 98.9 Å². The van der Waals surface area contributed by atoms with Crippen LogP contribution in [0.2, 0.25) is 0 Å². The molecule has 0 bridgehead atoms. The van der Waals surface area contributed by atoms with Crippen LogP contribution in [0, 0.1) is 0 Å². The Kier molecular flexibility index (Phi) is 15.4. The first-order valence-electron chi connectivity index (χ1n) is 27.7. The zero-order valence-electron chi connectivity index (χ0n) is 44.8. The fourth-order valence-corrected chi connectivity index (χ4v) is 10.8. The quantitative estimate of drug-likeness (QED) is 0.104. The molecule has 5 fully saturated rings. The largest absolute Gasteiger partial charge is 0.378 e. The van der Waals surface area contributed by atoms with Crippen molar-refractivity contribution in [3.63, 3.8) is 0 Å². The van der Waals surface area contributed by atoms with E-state index in [9.17, 15) is 19.2 Å². The molecule has 23 heteroatoms. The van der Waals surface area contributed by atoms with E-state index in [1.54, 1.807) is 36.7 Å². The van der Waals surface area contributed by atoms with Crippen LogP contribution in [0.4, 0.5) is 32.6 Å². The number of aromatic nitrogens is 9. The van der Waals surface area contributed by atoms with Crippen LogP contribution in [0.3, 0.4) is 0 Å². The number of carbonyl (C=O) groups excluding carboxylic acids is 4. The Balaban J connectivity index is 0.000000161. The molecule has 8 aromatic rings. The first-order chi connectivity index (χ1) is 39.7. The number of nitrogens with two attached hydrogens (primary N) is 1. The van der Waals surface area contributed by atoms with Gasteiger partial charge in [0.2, 0.25) is 0 Å². The topological polar surface area (TPSA) is 262 Å². The van der Waals surface area contributed by atoms with Gasteiger partial charge < -0.3 is 50.8 Å². The number of hydrogen-bond donors (Lipinski definition) is 4. The van der Waals surface area contributed by atoms with E-state index in [4.69, 9.17) is 45.3 Å². The lowest BCUT2D eigenvalue weighted by molar-refractivity contribution is 0.0684. The van der Waals surface area contributed by atoms with Crippen LogP contribution in [0.25, 0.3) is 44.8 Å². The number of nitrogens with zero attached hydrogens (tertiary/aromatic N) is 13. The predicted molar refractivity (Wildman–Crippen MR) is 305 cm³/mol. The number of morpholine rings is 2. The molecule has 0 spiro atoms. The van der Waals surface area contributed by atoms with Gasteiger partial charge in [-0.25, -0.2) is 38.9 Å². The highest BCUT2D eigenvalue weighted by atomic mass is 16.5. The van der Waals surface area contributed by atoms with Gasteiger partial charge >= 0.3 is 12.1 Å². The van der Waals surface area contributed by atoms with Gasteiger partial charge in [0.05, 0.1) is 67.2 Å². The highest BCUT2D eigenvalue weighted by Crippen LogP contribution is 2.35. The summed E-state index contributed by atoms with van der Waals surface area (Å²) in [4.78, 5) is 81.6. The van der Waals surface area contributed by atoms with Gasteiger partial charge in [0.15, 0.2) is 22.9 Å². The van der Waals surface area contributed by atoms with Crippen molar-refractivity contribution < 1.29 is 28.7 Å². The van der Waals surface area contributed by atoms with Gasteiger partial charge in [-0.2, -0.15) is 10.2 Å². The van der Waals surface area contributed by atoms with E-state index in [-0.39, 0.29) is 29.9 Å². The predicted octanol–water partition coefficient (Wildman–Crippen LogP) is 6.78. The molecular formula is C58H63N17O6. The number of nitrogens with one attached hydrogen (secondary N) is 3. The zero-order valence-corrected chi connectivity index (χ0v) is 44.8. The number of hydrogen-bond acceptors (Lipinski definition) is 15. The molecule has 13 rings (SSSR count). The van der Waals surface area contributed by atoms with E-state index < -0.39 is 6.03 Å². The summed E-state index contributed by atoms with van der Waals surface area (Å²) in [6.07, 6.45) is 12.2. The molecule has 23 nitrogen and oxygen atoms in total. The molecule has 0 radical (unpaired) electrons. The standard InChI is InChI=1S/C30H33N9O3.C28H30N8O3/c40-29(21-2-1-11-31-18-21)38-12-9-24(10-13-38)39-28-25(19-32-39)27(37-14-16-42-17-15-37)35-26(36-28)20-3-5-22(6-4-20)33-30(41)34-23-7-8-23;29-28(38)31-21-8-6-19(7-9-21)24-32-25(34-14-16-39-17-15-34)23-18-30-36(26(23)33-24)22-10-12-35(13-11-22)27(37)20-4-2-1-3-5-20/h1-6,11,18-19,23-24H,7-10,12-17H2,(H2,33,34,41);1-9,18,22H,10-17H2,(H3,29,31,38). The number of carbonyl (C=O) groups is 4. The molecule has 9 heterocycles. The average molecular weight is 1090 g/mol. The maximum absolute atomic E-state index is 13.0. The van der Waals surface area contributed by atoms with Crippen LogP contribution >= 0.6 is 0 Å². The molecule has 81 heavy (non-hydrogen) atoms. The maximum atomic E-state index is 13.0. The van der Waals surface area contributed by atoms with E-state index in [2.05, 4.69) is 30.7 Å². The Labute approximate surface area is 466 Å². The summed E-state index contributed by atoms with van der Waals surface area (Å²) in [5.74, 6) is 2.93. The summed E-state index contributed by atoms with van der Waals surface area (Å²) < 4.78 is 15.2. The number of urea groups is 2. The number of likely N-dealkylation sites (tertiary alicyclic amines) is 2. The Morgan fingerprint density at radius 1 is 0.506 bits per heavy atom. The summed E-state index contributed by atoms with van der Waals surface area (Å²) in [6, 6.07) is 27.6. The normalized spacial score (nSPS) is 17.1. The number of amides is 6. The molecule has 416 valence electrons. The van der Waals surface area contributed by atoms with Gasteiger partial charge in [-0.1, -0.05) is 18.2 Å². The summed E-state index contributed by atoms with van der Waals surface area (Å²) in [5.41, 5.74) is 11.1. The molecule has 4 saturated heterocycles. The number of rotatable bonds is 11. The van der Waals surface area contributed by atoms with Gasteiger partial charge in [-0.05, 0) is 111 Å². The minimum atomic E-state index is -0.615. The lowest BCUT2D eigenvalue weighted by atomic mass is 10.0. The van der Waals surface area contributed by atoms with Crippen molar-refractivity contribution in [1.29, 1.82) is 0 Å². The molecule has 5 aromatic heterocycles. The van der Waals surface area contributed by atoms with Crippen LogP contribution < -0.4 is 31.5 Å². The number of fused-ring (bicyclic) bond motifs is 2. The number of primary amides is 1. The van der Waals surface area contributed by atoms with Crippen molar-refractivity contribution in [3.8, 4) is 22.8 Å². The molecule has 1 saturated carbocycles. The van der Waals surface area contributed by atoms with E-state index >= 15 is 0 Å². The van der Waals surface area contributed by atoms with Crippen LogP contribution in [0.15, 0.2) is 116 Å². The first kappa shape index (κ1) is 52.6. The third kappa shape index (κ3) is 11.9. The van der Waals surface area contributed by atoms with Crippen LogP contribution in [-0.2, 0) is 9.47 Å². The molecule has 6 amide bonds. The number of ether oxygens (including phenoxy) is 2. The second-order valence-electron chi connectivity index (χ2n) is 20.8. The van der Waals surface area contributed by atoms with Crippen molar-refractivity contribution in [2.45, 2.75) is 56.7 Å². The zero-order chi connectivity index (χ0) is 55.2. The Hall–Kier alpha value is -9.09. The van der Waals surface area contributed by atoms with Crippen molar-refractivity contribution in [2.24, 2.45) is 5.73 Å². The van der Waals surface area contributed by atoms with Gasteiger partial charge in [-0.15, -0.1) is 0 Å². The Bertz CT molecular complexity index is 3510. The van der Waals surface area contributed by atoms with Crippen molar-refractivity contribution in [1.82, 2.24) is 59.6 Å². The summed E-state index contributed by atoms with van der Waals surface area (Å²) in [6.45, 7) is 8.08. The summed E-state index contributed by atoms with van der Waals surface area (Å²) in [5, 5.41) is 19.8. The van der Waals surface area contributed by atoms with Crippen LogP contribution in [0.5, 0.6) is 0 Å². The lowest BCUT2D eigenvalue weighted by Crippen LogP contribution is -2.39. The van der Waals surface area contributed by atoms with E-state index in [1.807, 2.05) is 98.3 Å². The number of pyridine rings is 1. The Morgan fingerprint density at radius 3 is 1.43 bits per heavy atom. The van der Waals surface area contributed by atoms with Crippen LogP contribution in [0.1, 0.15) is 71.3 Å². The molecule has 1 aliphatic carbocycles. The van der Waals surface area contributed by atoms with Gasteiger partial charge in [-0.3, -0.25) is 14.6 Å². The molecule has 5 aliphatic rings. The monoisotopic (exact) mass is 1090 g/mol. The van der Waals surface area contributed by atoms with E-state index in [1.165, 1.54) is 0 Å². The van der Waals surface area contributed by atoms with Crippen molar-refractivity contribution in [2.75, 3.05) is 99.2 Å². The molecule has 5 N–H and O–H groups in total. The second-order valence-corrected chi connectivity index (χ2v) is 20.8. The van der Waals surface area contributed by atoms with E-state index in [0.717, 1.165) is 110 Å². The molecule has 4 aliphatic heterocycles. The first-order valence-corrected chi connectivity index (χ1v) is 27.7. The van der Waals surface area contributed by atoms with Gasteiger partial charge in [0.1, 0.15) is 11.6 Å². The second kappa shape index (κ2) is 23.7. The third-order valence-corrected chi connectivity index (χ3v) is 15.3. The minimum absolute atomic E-state index is 0.00838. The van der Waals surface area contributed by atoms with Gasteiger partial charge in [0.25, 0.3) is 11.8 Å². The molecule has 0 atom stereocenters. The molecule has 0 unspecified atom stereocenters. The Morgan fingerprint density at radius 2 is 0.975 bits per heavy atom. The highest BCUT2D eigenvalue weighted by Gasteiger charge is 2.31. The van der Waals surface area contributed by atoms with Crippen molar-refractivity contribution in [3.05, 3.63) is 127 Å².